The third-order valence-electron chi connectivity index (χ3n) is 9.11. The normalized spacial score (nSPS) is 38.0. The smallest absolute Gasteiger partial charge is 0.156 e. The van der Waals surface area contributed by atoms with Crippen molar-refractivity contribution < 1.29 is 9.90 Å². The highest BCUT2D eigenvalue weighted by Crippen LogP contribution is 2.66. The number of hydrogen-bond acceptors (Lipinski definition) is 3. The minimum atomic E-state index is -0.603. The van der Waals surface area contributed by atoms with E-state index in [4.69, 9.17) is 0 Å². The van der Waals surface area contributed by atoms with Gasteiger partial charge in [0.05, 0.1) is 5.60 Å². The number of carbonyl (C=O) groups is 1. The fraction of sp³-hybridized carbons (Fsp3) is 0.593. The first kappa shape index (κ1) is 20.1. The number of hydrogen-bond donors (Lipinski definition) is 1. The minimum absolute atomic E-state index is 0.0572. The first-order chi connectivity index (χ1) is 14.2. The van der Waals surface area contributed by atoms with Crippen LogP contribution in [-0.2, 0) is 4.79 Å². The molecule has 0 saturated heterocycles. The second kappa shape index (κ2) is 6.82. The lowest BCUT2D eigenvalue weighted by atomic mass is 9.51. The van der Waals surface area contributed by atoms with E-state index in [1.807, 2.05) is 6.08 Å². The Morgan fingerprint density at radius 1 is 1.03 bits per heavy atom. The molecule has 3 heteroatoms. The molecule has 0 heterocycles. The largest absolute Gasteiger partial charge is 0.390 e. The highest BCUT2D eigenvalue weighted by atomic mass is 16.3. The first-order valence-electron chi connectivity index (χ1n) is 11.7. The van der Waals surface area contributed by atoms with Crippen LogP contribution in [0.1, 0.15) is 70.3 Å². The Morgan fingerprint density at radius 2 is 1.77 bits per heavy atom. The summed E-state index contributed by atoms with van der Waals surface area (Å²) in [4.78, 5) is 14.3. The molecule has 1 aromatic carbocycles. The average Bonchev–Trinajstić information content (AvgIpc) is 2.96. The number of allylic oxidation sites excluding steroid dienone is 4. The molecule has 0 amide bonds. The van der Waals surface area contributed by atoms with Gasteiger partial charge in [0.2, 0.25) is 0 Å². The summed E-state index contributed by atoms with van der Waals surface area (Å²) in [5.74, 6) is 1.72. The van der Waals surface area contributed by atoms with Gasteiger partial charge in [-0.25, -0.2) is 0 Å². The molecule has 5 rings (SSSR count). The average molecular weight is 406 g/mol. The summed E-state index contributed by atoms with van der Waals surface area (Å²) >= 11 is 0. The van der Waals surface area contributed by atoms with Crippen LogP contribution in [0, 0.1) is 17.3 Å². The molecule has 5 atom stereocenters. The molecule has 30 heavy (non-hydrogen) atoms. The van der Waals surface area contributed by atoms with Gasteiger partial charge >= 0.3 is 0 Å². The Morgan fingerprint density at radius 3 is 2.47 bits per heavy atom. The Labute approximate surface area is 180 Å². The van der Waals surface area contributed by atoms with E-state index in [1.165, 1.54) is 22.4 Å². The van der Waals surface area contributed by atoms with Crippen molar-refractivity contribution in [3.05, 3.63) is 52.6 Å². The van der Waals surface area contributed by atoms with Crippen molar-refractivity contribution in [1.82, 2.24) is 0 Å². The summed E-state index contributed by atoms with van der Waals surface area (Å²) in [6, 6.07) is 9.04. The second-order valence-electron chi connectivity index (χ2n) is 10.8. The van der Waals surface area contributed by atoms with Crippen LogP contribution in [0.4, 0.5) is 5.69 Å². The van der Waals surface area contributed by atoms with E-state index in [9.17, 15) is 9.90 Å². The van der Waals surface area contributed by atoms with Crippen LogP contribution in [0.5, 0.6) is 0 Å². The summed E-state index contributed by atoms with van der Waals surface area (Å²) in [7, 11) is 4.16. The number of benzene rings is 1. The molecule has 4 aliphatic carbocycles. The van der Waals surface area contributed by atoms with E-state index < -0.39 is 5.60 Å². The van der Waals surface area contributed by atoms with Gasteiger partial charge in [-0.15, -0.1) is 0 Å². The number of anilines is 1. The van der Waals surface area contributed by atoms with Gasteiger partial charge in [-0.2, -0.15) is 0 Å². The lowest BCUT2D eigenvalue weighted by Crippen LogP contribution is -2.50. The van der Waals surface area contributed by atoms with Crippen LogP contribution in [0.25, 0.3) is 0 Å². The van der Waals surface area contributed by atoms with E-state index in [2.05, 4.69) is 57.1 Å². The van der Waals surface area contributed by atoms with Gasteiger partial charge in [-0.05, 0) is 92.2 Å². The number of carbonyl (C=O) groups excluding carboxylic acids is 1. The van der Waals surface area contributed by atoms with Crippen LogP contribution in [0.15, 0.2) is 47.1 Å². The Kier molecular flexibility index (Phi) is 4.56. The molecular weight excluding hydrogens is 370 g/mol. The molecule has 0 spiro atoms. The van der Waals surface area contributed by atoms with Gasteiger partial charge in [-0.1, -0.05) is 24.6 Å². The Hall–Kier alpha value is -1.87. The highest BCUT2D eigenvalue weighted by Gasteiger charge is 2.60. The maximum atomic E-state index is 12.1. The molecule has 0 unspecified atom stereocenters. The van der Waals surface area contributed by atoms with Crippen molar-refractivity contribution in [1.29, 1.82) is 0 Å². The van der Waals surface area contributed by atoms with Crippen molar-refractivity contribution in [2.45, 2.75) is 70.3 Å². The van der Waals surface area contributed by atoms with Crippen LogP contribution < -0.4 is 4.90 Å². The maximum absolute atomic E-state index is 12.1. The van der Waals surface area contributed by atoms with Crippen LogP contribution in [-0.4, -0.2) is 30.6 Å². The van der Waals surface area contributed by atoms with Gasteiger partial charge in [-0.3, -0.25) is 4.79 Å². The first-order valence-corrected chi connectivity index (χ1v) is 11.7. The molecule has 0 radical (unpaired) electrons. The zero-order chi connectivity index (χ0) is 21.3. The second-order valence-corrected chi connectivity index (χ2v) is 10.8. The quantitative estimate of drug-likeness (QED) is 0.716. The number of ketones is 1. The molecule has 3 nitrogen and oxygen atoms in total. The fourth-order valence-corrected chi connectivity index (χ4v) is 7.18. The topological polar surface area (TPSA) is 40.5 Å². The van der Waals surface area contributed by atoms with Crippen molar-refractivity contribution >= 4 is 11.5 Å². The summed E-state index contributed by atoms with van der Waals surface area (Å²) in [6.07, 6.45) is 8.67. The zero-order valence-electron chi connectivity index (χ0n) is 18.9. The van der Waals surface area contributed by atoms with Crippen molar-refractivity contribution in [2.24, 2.45) is 17.3 Å². The summed E-state index contributed by atoms with van der Waals surface area (Å²) in [6.45, 7) is 4.42. The summed E-state index contributed by atoms with van der Waals surface area (Å²) < 4.78 is 0. The molecule has 0 aliphatic heterocycles. The van der Waals surface area contributed by atoms with E-state index in [-0.39, 0.29) is 5.41 Å². The zero-order valence-corrected chi connectivity index (χ0v) is 18.9. The number of rotatable bonds is 2. The summed E-state index contributed by atoms with van der Waals surface area (Å²) in [5.41, 5.74) is 6.33. The third kappa shape index (κ3) is 2.85. The van der Waals surface area contributed by atoms with Gasteiger partial charge in [0.15, 0.2) is 5.78 Å². The van der Waals surface area contributed by atoms with Gasteiger partial charge in [0, 0.05) is 37.5 Å². The molecular formula is C27H35NO2. The van der Waals surface area contributed by atoms with E-state index in [0.717, 1.165) is 38.5 Å². The number of fused-ring (bicyclic) bond motifs is 4. The molecule has 2 fully saturated rings. The summed E-state index contributed by atoms with van der Waals surface area (Å²) in [5, 5.41) is 11.4. The van der Waals surface area contributed by atoms with Crippen LogP contribution in [0.3, 0.4) is 0 Å². The van der Waals surface area contributed by atoms with Crippen LogP contribution in [0.2, 0.25) is 0 Å². The predicted octanol–water partition coefficient (Wildman–Crippen LogP) is 5.40. The molecule has 1 N–H and O–H groups in total. The Bertz CT molecular complexity index is 936. The standard InChI is InChI=1S/C27H35NO2/c1-26-16-23(17-5-8-19(9-6-17)28(3)4)25-21-12-10-20(29)15-18(21)7-11-22(25)24(26)13-14-27(26,2)30/h5-6,8-9,15,22-24,30H,7,10-14,16H2,1-4H3/t22-,23+,24+,26-,27+/m0/s1. The third-order valence-corrected chi connectivity index (χ3v) is 9.11. The van der Waals surface area contributed by atoms with Crippen molar-refractivity contribution in [2.75, 3.05) is 19.0 Å². The van der Waals surface area contributed by atoms with E-state index in [0.29, 0.717) is 30.0 Å². The monoisotopic (exact) mass is 405 g/mol. The van der Waals surface area contributed by atoms with Gasteiger partial charge in [0.1, 0.15) is 0 Å². The molecule has 4 aliphatic rings. The minimum Gasteiger partial charge on any atom is -0.390 e. The number of nitrogens with zero attached hydrogens (tertiary/aromatic N) is 1. The maximum Gasteiger partial charge on any atom is 0.156 e. The lowest BCUT2D eigenvalue weighted by molar-refractivity contribution is -0.114. The molecule has 2 saturated carbocycles. The van der Waals surface area contributed by atoms with Crippen molar-refractivity contribution in [3.8, 4) is 0 Å². The van der Waals surface area contributed by atoms with Crippen LogP contribution >= 0.6 is 0 Å². The highest BCUT2D eigenvalue weighted by molar-refractivity contribution is 5.93. The molecule has 0 aromatic heterocycles. The molecule has 0 bridgehead atoms. The SMILES string of the molecule is CN(C)c1ccc([C@H]2C[C@@]3(C)[C@H](CC[C@@]3(C)O)[C@@H]3CCC4=CC(=O)CCC4=C32)cc1. The predicted molar refractivity (Wildman–Crippen MR) is 122 cm³/mol. The molecule has 1 aromatic rings. The fourth-order valence-electron chi connectivity index (χ4n) is 7.18. The van der Waals surface area contributed by atoms with E-state index in [1.54, 1.807) is 5.57 Å². The van der Waals surface area contributed by atoms with Gasteiger partial charge < -0.3 is 10.0 Å². The lowest BCUT2D eigenvalue weighted by Gasteiger charge is -2.54. The number of aliphatic hydroxyl groups is 1. The Balaban J connectivity index is 1.66. The molecule has 160 valence electrons. The van der Waals surface area contributed by atoms with Gasteiger partial charge in [0.25, 0.3) is 0 Å². The van der Waals surface area contributed by atoms with Crippen molar-refractivity contribution in [3.63, 3.8) is 0 Å². The van der Waals surface area contributed by atoms with E-state index >= 15 is 0 Å².